The molecule has 1 amide bonds. The van der Waals surface area contributed by atoms with Gasteiger partial charge < -0.3 is 10.1 Å². The lowest BCUT2D eigenvalue weighted by atomic mass is 10.3. The maximum absolute atomic E-state index is 11.2. The minimum atomic E-state index is -0.194. The third-order valence-corrected chi connectivity index (χ3v) is 2.66. The molecule has 0 aliphatic rings. The van der Waals surface area contributed by atoms with Gasteiger partial charge in [-0.15, -0.1) is 0 Å². The molecule has 1 N–H and O–H groups in total. The Morgan fingerprint density at radius 3 is 2.75 bits per heavy atom. The molecule has 0 saturated carbocycles. The second-order valence-electron chi connectivity index (χ2n) is 2.94. The average molecular weight is 280 g/mol. The molecule has 0 aliphatic carbocycles. The van der Waals surface area contributed by atoms with Crippen molar-refractivity contribution in [1.82, 2.24) is 5.32 Å². The van der Waals surface area contributed by atoms with E-state index in [0.717, 1.165) is 0 Å². The van der Waals surface area contributed by atoms with Crippen LogP contribution in [0.5, 0.6) is 5.75 Å². The second-order valence-corrected chi connectivity index (χ2v) is 4.20. The van der Waals surface area contributed by atoms with Gasteiger partial charge in [0.2, 0.25) is 0 Å². The molecule has 0 spiro atoms. The number of amides is 1. The molecule has 0 aromatic heterocycles. The molecule has 0 fully saturated rings. The minimum Gasteiger partial charge on any atom is -0.484 e. The molecule has 6 heteroatoms. The monoisotopic (exact) mass is 279 g/mol. The summed E-state index contributed by atoms with van der Waals surface area (Å²) >= 11 is 15.5. The maximum Gasteiger partial charge on any atom is 0.257 e. The van der Waals surface area contributed by atoms with E-state index in [-0.39, 0.29) is 12.5 Å². The van der Waals surface area contributed by atoms with Gasteiger partial charge in [0.25, 0.3) is 5.91 Å². The van der Waals surface area contributed by atoms with E-state index >= 15 is 0 Å². The van der Waals surface area contributed by atoms with Crippen molar-refractivity contribution < 1.29 is 9.53 Å². The Hall–Kier alpha value is -0.580. The lowest BCUT2D eigenvalue weighted by Crippen LogP contribution is -2.30. The van der Waals surface area contributed by atoms with E-state index in [1.807, 2.05) is 0 Å². The molecular formula is C10H11Cl2NO2S. The predicted octanol–water partition coefficient (Wildman–Crippen LogP) is 2.42. The average Bonchev–Trinajstić information content (AvgIpc) is 2.28. The molecule has 1 rings (SSSR count). The highest BCUT2D eigenvalue weighted by atomic mass is 35.5. The van der Waals surface area contributed by atoms with E-state index in [1.54, 1.807) is 18.2 Å². The number of hydrogen-bond donors (Lipinski definition) is 2. The van der Waals surface area contributed by atoms with Crippen LogP contribution in [0.2, 0.25) is 10.0 Å². The van der Waals surface area contributed by atoms with Gasteiger partial charge in [-0.1, -0.05) is 23.2 Å². The number of hydrogen-bond acceptors (Lipinski definition) is 3. The molecule has 1 aromatic rings. The number of carbonyl (C=O) groups is 1. The minimum absolute atomic E-state index is 0.0499. The van der Waals surface area contributed by atoms with Gasteiger partial charge in [-0.3, -0.25) is 4.79 Å². The summed E-state index contributed by atoms with van der Waals surface area (Å²) in [6, 6.07) is 4.83. The van der Waals surface area contributed by atoms with E-state index < -0.39 is 0 Å². The van der Waals surface area contributed by atoms with Gasteiger partial charge in [-0.2, -0.15) is 12.6 Å². The van der Waals surface area contributed by atoms with Crippen LogP contribution in [-0.4, -0.2) is 24.8 Å². The van der Waals surface area contributed by atoms with Crippen LogP contribution in [0.4, 0.5) is 0 Å². The fraction of sp³-hybridized carbons (Fsp3) is 0.300. The zero-order chi connectivity index (χ0) is 12.0. The summed E-state index contributed by atoms with van der Waals surface area (Å²) in [6.07, 6.45) is 0. The quantitative estimate of drug-likeness (QED) is 0.813. The Morgan fingerprint density at radius 2 is 2.12 bits per heavy atom. The van der Waals surface area contributed by atoms with E-state index in [1.165, 1.54) is 0 Å². The van der Waals surface area contributed by atoms with Crippen LogP contribution < -0.4 is 10.1 Å². The molecule has 0 saturated heterocycles. The van der Waals surface area contributed by atoms with Gasteiger partial charge in [-0.05, 0) is 12.1 Å². The van der Waals surface area contributed by atoms with Crippen LogP contribution in [0.15, 0.2) is 18.2 Å². The maximum atomic E-state index is 11.2. The Balaban J connectivity index is 2.42. The zero-order valence-corrected chi connectivity index (χ0v) is 10.8. The lowest BCUT2D eigenvalue weighted by molar-refractivity contribution is -0.122. The first kappa shape index (κ1) is 13.5. The Kier molecular flexibility index (Phi) is 5.80. The normalized spacial score (nSPS) is 9.94. The first-order valence-corrected chi connectivity index (χ1v) is 5.97. The standard InChI is InChI=1S/C10H11Cl2NO2S/c11-8-2-1-7(5-9(8)12)15-6-10(14)13-3-4-16/h1-2,5,16H,3-4,6H2,(H,13,14). The van der Waals surface area contributed by atoms with Gasteiger partial charge in [0.05, 0.1) is 10.0 Å². The van der Waals surface area contributed by atoms with Crippen molar-refractivity contribution in [3.05, 3.63) is 28.2 Å². The summed E-state index contributed by atoms with van der Waals surface area (Å²) in [4.78, 5) is 11.2. The van der Waals surface area contributed by atoms with Gasteiger partial charge in [0.15, 0.2) is 6.61 Å². The van der Waals surface area contributed by atoms with Crippen LogP contribution >= 0.6 is 35.8 Å². The molecule has 0 atom stereocenters. The largest absolute Gasteiger partial charge is 0.484 e. The van der Waals surface area contributed by atoms with E-state index in [2.05, 4.69) is 17.9 Å². The summed E-state index contributed by atoms with van der Waals surface area (Å²) < 4.78 is 5.22. The first-order chi connectivity index (χ1) is 7.63. The number of benzene rings is 1. The van der Waals surface area contributed by atoms with Gasteiger partial charge in [0.1, 0.15) is 5.75 Å². The smallest absolute Gasteiger partial charge is 0.257 e. The topological polar surface area (TPSA) is 38.3 Å². The lowest BCUT2D eigenvalue weighted by Gasteiger charge is -2.07. The number of halogens is 2. The van der Waals surface area contributed by atoms with Crippen LogP contribution in [0, 0.1) is 0 Å². The summed E-state index contributed by atoms with van der Waals surface area (Å²) in [5.41, 5.74) is 0. The molecule has 0 aliphatic heterocycles. The van der Waals surface area contributed by atoms with Gasteiger partial charge >= 0.3 is 0 Å². The van der Waals surface area contributed by atoms with Gasteiger partial charge in [0, 0.05) is 18.4 Å². The molecule has 3 nitrogen and oxygen atoms in total. The van der Waals surface area contributed by atoms with E-state index in [4.69, 9.17) is 27.9 Å². The number of carbonyl (C=O) groups excluding carboxylic acids is 1. The van der Waals surface area contributed by atoms with Crippen LogP contribution in [0.3, 0.4) is 0 Å². The van der Waals surface area contributed by atoms with Crippen molar-refractivity contribution in [2.24, 2.45) is 0 Å². The molecule has 16 heavy (non-hydrogen) atoms. The van der Waals surface area contributed by atoms with Crippen LogP contribution in [-0.2, 0) is 4.79 Å². The fourth-order valence-corrected chi connectivity index (χ4v) is 1.36. The highest BCUT2D eigenvalue weighted by Gasteiger charge is 2.03. The van der Waals surface area contributed by atoms with Crippen molar-refractivity contribution >= 4 is 41.7 Å². The summed E-state index contributed by atoms with van der Waals surface area (Å²) in [7, 11) is 0. The molecule has 0 bridgehead atoms. The van der Waals surface area contributed by atoms with Crippen LogP contribution in [0.1, 0.15) is 0 Å². The predicted molar refractivity (Wildman–Crippen MR) is 68.8 cm³/mol. The first-order valence-electron chi connectivity index (χ1n) is 4.59. The second kappa shape index (κ2) is 6.89. The summed E-state index contributed by atoms with van der Waals surface area (Å²) in [5.74, 6) is 0.911. The van der Waals surface area contributed by atoms with Gasteiger partial charge in [-0.25, -0.2) is 0 Å². The number of rotatable bonds is 5. The third-order valence-electron chi connectivity index (χ3n) is 1.69. The van der Waals surface area contributed by atoms with Crippen molar-refractivity contribution in [2.75, 3.05) is 18.9 Å². The molecule has 88 valence electrons. The molecule has 0 radical (unpaired) electrons. The molecule has 0 unspecified atom stereocenters. The van der Waals surface area contributed by atoms with Crippen molar-refractivity contribution in [1.29, 1.82) is 0 Å². The summed E-state index contributed by atoms with van der Waals surface area (Å²) in [6.45, 7) is 0.471. The summed E-state index contributed by atoms with van der Waals surface area (Å²) in [5, 5.41) is 3.48. The number of thiol groups is 1. The molecule has 1 aromatic carbocycles. The molecular weight excluding hydrogens is 269 g/mol. The van der Waals surface area contributed by atoms with Crippen LogP contribution in [0.25, 0.3) is 0 Å². The number of nitrogens with one attached hydrogen (secondary N) is 1. The fourth-order valence-electron chi connectivity index (χ4n) is 0.962. The SMILES string of the molecule is O=C(COc1ccc(Cl)c(Cl)c1)NCCS. The third kappa shape index (κ3) is 4.51. The number of ether oxygens (including phenoxy) is 1. The zero-order valence-electron chi connectivity index (χ0n) is 8.37. The Morgan fingerprint density at radius 1 is 1.38 bits per heavy atom. The highest BCUT2D eigenvalue weighted by Crippen LogP contribution is 2.26. The van der Waals surface area contributed by atoms with Crippen molar-refractivity contribution in [3.8, 4) is 5.75 Å². The molecule has 0 heterocycles. The van der Waals surface area contributed by atoms with Crippen molar-refractivity contribution in [2.45, 2.75) is 0 Å². The van der Waals surface area contributed by atoms with Crippen molar-refractivity contribution in [3.63, 3.8) is 0 Å². The Bertz CT molecular complexity index is 374. The highest BCUT2D eigenvalue weighted by molar-refractivity contribution is 7.80. The Labute approximate surface area is 109 Å². The van der Waals surface area contributed by atoms with E-state index in [9.17, 15) is 4.79 Å². The van der Waals surface area contributed by atoms with E-state index in [0.29, 0.717) is 28.1 Å².